The summed E-state index contributed by atoms with van der Waals surface area (Å²) in [5, 5.41) is 9.75. The lowest BCUT2D eigenvalue weighted by atomic mass is 9.98. The standard InChI is InChI=1S/C18H23FN4O2/c1-25-17(13-5-7-15(19)8-6-13)12-20-18(24)23-9-3-2-4-16(23)14-10-21-22-11-14/h5-8,10-11,16-17H,2-4,9,12H2,1H3,(H,20,24)(H,21,22). The van der Waals surface area contributed by atoms with Crippen LogP contribution in [0.3, 0.4) is 0 Å². The number of likely N-dealkylation sites (tertiary alicyclic amines) is 1. The number of aromatic nitrogens is 2. The van der Waals surface area contributed by atoms with Gasteiger partial charge in [0.05, 0.1) is 18.3 Å². The molecule has 0 aliphatic carbocycles. The maximum absolute atomic E-state index is 13.1. The van der Waals surface area contributed by atoms with E-state index in [0.717, 1.165) is 36.9 Å². The molecule has 7 heteroatoms. The third-order valence-electron chi connectivity index (χ3n) is 4.63. The first-order valence-electron chi connectivity index (χ1n) is 8.50. The quantitative estimate of drug-likeness (QED) is 0.874. The summed E-state index contributed by atoms with van der Waals surface area (Å²) >= 11 is 0. The number of amides is 2. The first-order valence-corrected chi connectivity index (χ1v) is 8.50. The minimum absolute atomic E-state index is 0.0410. The molecule has 1 aromatic carbocycles. The number of urea groups is 1. The first kappa shape index (κ1) is 17.4. The molecule has 2 unspecified atom stereocenters. The Kier molecular flexibility index (Phi) is 5.65. The van der Waals surface area contributed by atoms with E-state index in [1.54, 1.807) is 25.4 Å². The minimum Gasteiger partial charge on any atom is -0.375 e. The van der Waals surface area contributed by atoms with Crippen LogP contribution >= 0.6 is 0 Å². The second kappa shape index (κ2) is 8.11. The molecule has 1 fully saturated rings. The molecule has 1 aliphatic rings. The number of methoxy groups -OCH3 is 1. The van der Waals surface area contributed by atoms with Crippen molar-refractivity contribution in [1.82, 2.24) is 20.4 Å². The van der Waals surface area contributed by atoms with E-state index in [0.29, 0.717) is 6.54 Å². The van der Waals surface area contributed by atoms with Gasteiger partial charge in [0.25, 0.3) is 0 Å². The summed E-state index contributed by atoms with van der Waals surface area (Å²) in [5.41, 5.74) is 1.85. The number of hydrogen-bond acceptors (Lipinski definition) is 3. The van der Waals surface area contributed by atoms with Gasteiger partial charge < -0.3 is 15.0 Å². The minimum atomic E-state index is -0.318. The molecule has 0 saturated carbocycles. The van der Waals surface area contributed by atoms with Gasteiger partial charge in [0, 0.05) is 32.0 Å². The van der Waals surface area contributed by atoms with E-state index in [9.17, 15) is 9.18 Å². The second-order valence-corrected chi connectivity index (χ2v) is 6.20. The zero-order valence-corrected chi connectivity index (χ0v) is 14.2. The fourth-order valence-corrected chi connectivity index (χ4v) is 3.26. The molecule has 25 heavy (non-hydrogen) atoms. The molecule has 1 saturated heterocycles. The summed E-state index contributed by atoms with van der Waals surface area (Å²) in [6, 6.07) is 6.05. The molecule has 3 rings (SSSR count). The number of piperidine rings is 1. The fraction of sp³-hybridized carbons (Fsp3) is 0.444. The maximum Gasteiger partial charge on any atom is 0.318 e. The predicted molar refractivity (Wildman–Crippen MR) is 91.4 cm³/mol. The highest BCUT2D eigenvalue weighted by Gasteiger charge is 2.28. The molecule has 0 spiro atoms. The molecule has 134 valence electrons. The number of hydrogen-bond donors (Lipinski definition) is 2. The Balaban J connectivity index is 1.63. The summed E-state index contributed by atoms with van der Waals surface area (Å²) in [4.78, 5) is 14.5. The highest BCUT2D eigenvalue weighted by molar-refractivity contribution is 5.75. The molecule has 0 radical (unpaired) electrons. The zero-order valence-electron chi connectivity index (χ0n) is 14.2. The number of carbonyl (C=O) groups excluding carboxylic acids is 1. The number of aromatic amines is 1. The monoisotopic (exact) mass is 346 g/mol. The summed E-state index contributed by atoms with van der Waals surface area (Å²) < 4.78 is 18.5. The second-order valence-electron chi connectivity index (χ2n) is 6.20. The van der Waals surface area contributed by atoms with Crippen LogP contribution in [0.5, 0.6) is 0 Å². The smallest absolute Gasteiger partial charge is 0.318 e. The van der Waals surface area contributed by atoms with Gasteiger partial charge >= 0.3 is 6.03 Å². The van der Waals surface area contributed by atoms with Crippen LogP contribution in [0.4, 0.5) is 9.18 Å². The van der Waals surface area contributed by atoms with Gasteiger partial charge in [0.2, 0.25) is 0 Å². The lowest BCUT2D eigenvalue weighted by molar-refractivity contribution is 0.0975. The summed E-state index contributed by atoms with van der Waals surface area (Å²) in [6.07, 6.45) is 6.31. The summed E-state index contributed by atoms with van der Waals surface area (Å²) in [7, 11) is 1.58. The van der Waals surface area contributed by atoms with Crippen LogP contribution in [-0.4, -0.2) is 41.3 Å². The lowest BCUT2D eigenvalue weighted by Gasteiger charge is -2.35. The van der Waals surface area contributed by atoms with Gasteiger partial charge in [0.1, 0.15) is 5.82 Å². The third-order valence-corrected chi connectivity index (χ3v) is 4.63. The van der Waals surface area contributed by atoms with Gasteiger partial charge in [-0.2, -0.15) is 5.10 Å². The normalized spacial score (nSPS) is 18.8. The molecule has 6 nitrogen and oxygen atoms in total. The van der Waals surface area contributed by atoms with E-state index in [-0.39, 0.29) is 24.0 Å². The zero-order chi connectivity index (χ0) is 17.6. The number of carbonyl (C=O) groups is 1. The van der Waals surface area contributed by atoms with Crippen molar-refractivity contribution in [2.75, 3.05) is 20.2 Å². The number of H-pyrrole nitrogens is 1. The van der Waals surface area contributed by atoms with Crippen LogP contribution < -0.4 is 5.32 Å². The molecule has 2 amide bonds. The van der Waals surface area contributed by atoms with Gasteiger partial charge in [-0.15, -0.1) is 0 Å². The molecule has 2 aromatic rings. The Bertz CT molecular complexity index is 675. The van der Waals surface area contributed by atoms with Gasteiger partial charge in [-0.3, -0.25) is 5.10 Å². The Morgan fingerprint density at radius 3 is 2.92 bits per heavy atom. The van der Waals surface area contributed by atoms with Crippen LogP contribution in [-0.2, 0) is 4.74 Å². The SMILES string of the molecule is COC(CNC(=O)N1CCCCC1c1cn[nH]c1)c1ccc(F)cc1. The van der Waals surface area contributed by atoms with Crippen molar-refractivity contribution in [1.29, 1.82) is 0 Å². The van der Waals surface area contributed by atoms with E-state index >= 15 is 0 Å². The van der Waals surface area contributed by atoms with Crippen molar-refractivity contribution in [3.05, 3.63) is 53.6 Å². The van der Waals surface area contributed by atoms with Crippen molar-refractivity contribution in [2.24, 2.45) is 0 Å². The van der Waals surface area contributed by atoms with E-state index < -0.39 is 0 Å². The lowest BCUT2D eigenvalue weighted by Crippen LogP contribution is -2.45. The molecular formula is C18H23FN4O2. The molecule has 0 bridgehead atoms. The van der Waals surface area contributed by atoms with Crippen molar-refractivity contribution in [3.8, 4) is 0 Å². The number of nitrogens with zero attached hydrogens (tertiary/aromatic N) is 2. The summed E-state index contributed by atoms with van der Waals surface area (Å²) in [5.74, 6) is -0.293. The number of ether oxygens (including phenoxy) is 1. The van der Waals surface area contributed by atoms with Crippen molar-refractivity contribution < 1.29 is 13.9 Å². The Hall–Kier alpha value is -2.41. The fourth-order valence-electron chi connectivity index (χ4n) is 3.26. The third kappa shape index (κ3) is 4.17. The van der Waals surface area contributed by atoms with Crippen molar-refractivity contribution in [3.63, 3.8) is 0 Å². The molecule has 2 heterocycles. The van der Waals surface area contributed by atoms with E-state index in [4.69, 9.17) is 4.74 Å². The topological polar surface area (TPSA) is 70.2 Å². The highest BCUT2D eigenvalue weighted by Crippen LogP contribution is 2.30. The Morgan fingerprint density at radius 1 is 1.44 bits per heavy atom. The number of rotatable bonds is 5. The van der Waals surface area contributed by atoms with Crippen LogP contribution in [0.25, 0.3) is 0 Å². The first-order chi connectivity index (χ1) is 12.2. The van der Waals surface area contributed by atoms with Gasteiger partial charge in [0.15, 0.2) is 0 Å². The van der Waals surface area contributed by atoms with Crippen molar-refractivity contribution in [2.45, 2.75) is 31.4 Å². The summed E-state index contributed by atoms with van der Waals surface area (Å²) in [6.45, 7) is 1.05. The Morgan fingerprint density at radius 2 is 2.24 bits per heavy atom. The van der Waals surface area contributed by atoms with E-state index in [1.165, 1.54) is 12.1 Å². The number of nitrogens with one attached hydrogen (secondary N) is 2. The largest absolute Gasteiger partial charge is 0.375 e. The van der Waals surface area contributed by atoms with Crippen LogP contribution in [0.15, 0.2) is 36.7 Å². The Labute approximate surface area is 146 Å². The van der Waals surface area contributed by atoms with Gasteiger partial charge in [-0.05, 0) is 37.0 Å². The van der Waals surface area contributed by atoms with E-state index in [1.807, 2.05) is 11.1 Å². The van der Waals surface area contributed by atoms with E-state index in [2.05, 4.69) is 15.5 Å². The molecular weight excluding hydrogens is 323 g/mol. The van der Waals surface area contributed by atoms with Gasteiger partial charge in [-0.1, -0.05) is 12.1 Å². The molecule has 2 N–H and O–H groups in total. The average Bonchev–Trinajstić information content (AvgIpc) is 3.18. The average molecular weight is 346 g/mol. The van der Waals surface area contributed by atoms with Crippen molar-refractivity contribution >= 4 is 6.03 Å². The van der Waals surface area contributed by atoms with Gasteiger partial charge in [-0.25, -0.2) is 9.18 Å². The van der Waals surface area contributed by atoms with Crippen LogP contribution in [0, 0.1) is 5.82 Å². The molecule has 1 aliphatic heterocycles. The predicted octanol–water partition coefficient (Wildman–Crippen LogP) is 3.17. The van der Waals surface area contributed by atoms with Crippen LogP contribution in [0.1, 0.15) is 42.5 Å². The highest BCUT2D eigenvalue weighted by atomic mass is 19.1. The van der Waals surface area contributed by atoms with Crippen LogP contribution in [0.2, 0.25) is 0 Å². The molecule has 1 aromatic heterocycles. The number of benzene rings is 1. The number of halogens is 1. The maximum atomic E-state index is 13.1. The molecule has 2 atom stereocenters.